The lowest BCUT2D eigenvalue weighted by molar-refractivity contribution is -0.140. The molecule has 1 aromatic carbocycles. The molecule has 0 aliphatic carbocycles. The second-order valence-electron chi connectivity index (χ2n) is 5.59. The fraction of sp³-hybridized carbons (Fsp3) is 0.312. The Bertz CT molecular complexity index is 820. The zero-order valence-corrected chi connectivity index (χ0v) is 15.9. The second-order valence-corrected chi connectivity index (χ2v) is 6.41. The van der Waals surface area contributed by atoms with Crippen LogP contribution >= 0.6 is 23.2 Å². The number of hydrogen-bond donors (Lipinski definition) is 2. The number of aliphatic imine (C=N–C) groups is 2. The molecule has 26 heavy (non-hydrogen) atoms. The Morgan fingerprint density at radius 3 is 2.54 bits per heavy atom. The van der Waals surface area contributed by atoms with Gasteiger partial charge < -0.3 is 0 Å². The smallest absolute Gasteiger partial charge is 0.294 e. The maximum absolute atomic E-state index is 11.9. The Hall–Kier alpha value is -2.45. The first-order valence-corrected chi connectivity index (χ1v) is 8.55. The van der Waals surface area contributed by atoms with Crippen LogP contribution in [-0.2, 0) is 14.4 Å². The van der Waals surface area contributed by atoms with Crippen molar-refractivity contribution in [1.29, 1.82) is 0 Å². The van der Waals surface area contributed by atoms with Gasteiger partial charge in [0.25, 0.3) is 0 Å². The molecule has 1 heterocycles. The SMILES string of the molecule is CCC(=O)NC(=Nc1ccc(Cl)c(Cl)c1)N=C1NC(=O)C(=O)N1C(C)C. The van der Waals surface area contributed by atoms with E-state index in [4.69, 9.17) is 23.2 Å². The Morgan fingerprint density at radius 1 is 1.27 bits per heavy atom. The first-order chi connectivity index (χ1) is 12.2. The van der Waals surface area contributed by atoms with Crippen molar-refractivity contribution in [1.82, 2.24) is 15.5 Å². The molecule has 3 amide bonds. The molecule has 2 rings (SSSR count). The summed E-state index contributed by atoms with van der Waals surface area (Å²) in [6.45, 7) is 5.13. The highest BCUT2D eigenvalue weighted by atomic mass is 35.5. The number of nitrogens with zero attached hydrogens (tertiary/aromatic N) is 3. The largest absolute Gasteiger partial charge is 0.319 e. The van der Waals surface area contributed by atoms with Gasteiger partial charge in [0.05, 0.1) is 15.7 Å². The highest BCUT2D eigenvalue weighted by Gasteiger charge is 2.37. The Labute approximate surface area is 160 Å². The van der Waals surface area contributed by atoms with E-state index in [0.717, 1.165) is 0 Å². The van der Waals surface area contributed by atoms with Crippen molar-refractivity contribution < 1.29 is 14.4 Å². The highest BCUT2D eigenvalue weighted by Crippen LogP contribution is 2.26. The monoisotopic (exact) mass is 397 g/mol. The molecule has 0 saturated carbocycles. The van der Waals surface area contributed by atoms with Crippen LogP contribution in [0.4, 0.5) is 5.69 Å². The van der Waals surface area contributed by atoms with Crippen LogP contribution in [0.25, 0.3) is 0 Å². The molecule has 1 fully saturated rings. The molecule has 0 atom stereocenters. The van der Waals surface area contributed by atoms with Crippen molar-refractivity contribution in [2.24, 2.45) is 9.98 Å². The van der Waals surface area contributed by atoms with Gasteiger partial charge in [-0.15, -0.1) is 0 Å². The van der Waals surface area contributed by atoms with Crippen LogP contribution in [0.15, 0.2) is 28.2 Å². The lowest BCUT2D eigenvalue weighted by atomic mass is 10.3. The van der Waals surface area contributed by atoms with E-state index >= 15 is 0 Å². The van der Waals surface area contributed by atoms with Crippen LogP contribution in [0.5, 0.6) is 0 Å². The minimum atomic E-state index is -0.798. The molecule has 1 aromatic rings. The quantitative estimate of drug-likeness (QED) is 0.464. The number of guanidine groups is 2. The van der Waals surface area contributed by atoms with Gasteiger partial charge in [0.15, 0.2) is 0 Å². The molecule has 0 radical (unpaired) electrons. The molecule has 1 saturated heterocycles. The van der Waals surface area contributed by atoms with E-state index in [2.05, 4.69) is 20.6 Å². The summed E-state index contributed by atoms with van der Waals surface area (Å²) in [6, 6.07) is 4.33. The molecule has 10 heteroatoms. The van der Waals surface area contributed by atoms with Gasteiger partial charge in [-0.3, -0.25) is 29.9 Å². The van der Waals surface area contributed by atoms with E-state index in [1.54, 1.807) is 32.9 Å². The average Bonchev–Trinajstić information content (AvgIpc) is 2.84. The van der Waals surface area contributed by atoms with Crippen molar-refractivity contribution in [3.8, 4) is 0 Å². The zero-order chi connectivity index (χ0) is 19.4. The van der Waals surface area contributed by atoms with Crippen molar-refractivity contribution in [3.63, 3.8) is 0 Å². The van der Waals surface area contributed by atoms with E-state index in [-0.39, 0.29) is 35.3 Å². The van der Waals surface area contributed by atoms with Crippen LogP contribution in [0, 0.1) is 0 Å². The molecule has 0 aromatic heterocycles. The number of benzene rings is 1. The summed E-state index contributed by atoms with van der Waals surface area (Å²) in [6.07, 6.45) is 0.199. The van der Waals surface area contributed by atoms with E-state index in [0.29, 0.717) is 10.7 Å². The molecule has 138 valence electrons. The zero-order valence-electron chi connectivity index (χ0n) is 14.3. The first-order valence-electron chi connectivity index (χ1n) is 7.79. The van der Waals surface area contributed by atoms with E-state index in [1.807, 2.05) is 0 Å². The normalized spacial score (nSPS) is 16.5. The number of hydrogen-bond acceptors (Lipinski definition) is 4. The van der Waals surface area contributed by atoms with Crippen LogP contribution in [-0.4, -0.2) is 40.6 Å². The Balaban J connectivity index is 2.45. The van der Waals surface area contributed by atoms with Gasteiger partial charge in [0.1, 0.15) is 0 Å². The van der Waals surface area contributed by atoms with Crippen molar-refractivity contribution in [2.75, 3.05) is 0 Å². The summed E-state index contributed by atoms with van der Waals surface area (Å²) >= 11 is 11.8. The van der Waals surface area contributed by atoms with E-state index < -0.39 is 11.8 Å². The van der Waals surface area contributed by atoms with Crippen LogP contribution in [0.2, 0.25) is 10.0 Å². The minimum absolute atomic E-state index is 0.00906. The first kappa shape index (κ1) is 19.9. The van der Waals surface area contributed by atoms with Crippen LogP contribution in [0.1, 0.15) is 27.2 Å². The van der Waals surface area contributed by atoms with E-state index in [1.165, 1.54) is 11.0 Å². The average molecular weight is 398 g/mol. The maximum atomic E-state index is 11.9. The van der Waals surface area contributed by atoms with Crippen LogP contribution < -0.4 is 10.6 Å². The molecule has 0 spiro atoms. The highest BCUT2D eigenvalue weighted by molar-refractivity contribution is 6.46. The van der Waals surface area contributed by atoms with Gasteiger partial charge >= 0.3 is 11.8 Å². The number of carbonyl (C=O) groups excluding carboxylic acids is 3. The molecular formula is C16H17Cl2N5O3. The third kappa shape index (κ3) is 4.59. The van der Waals surface area contributed by atoms with Gasteiger partial charge in [0, 0.05) is 12.5 Å². The fourth-order valence-corrected chi connectivity index (χ4v) is 2.35. The number of amides is 3. The topological polar surface area (TPSA) is 103 Å². The third-order valence-corrected chi connectivity index (χ3v) is 4.04. The second kappa shape index (κ2) is 8.29. The summed E-state index contributed by atoms with van der Waals surface area (Å²) in [7, 11) is 0. The predicted octanol–water partition coefficient (Wildman–Crippen LogP) is 2.23. The van der Waals surface area contributed by atoms with Crippen molar-refractivity contribution >= 4 is 58.5 Å². The lowest BCUT2D eigenvalue weighted by Crippen LogP contribution is -2.40. The summed E-state index contributed by atoms with van der Waals surface area (Å²) in [5, 5.41) is 5.54. The van der Waals surface area contributed by atoms with Gasteiger partial charge in [-0.05, 0) is 32.0 Å². The fourth-order valence-electron chi connectivity index (χ4n) is 2.05. The van der Waals surface area contributed by atoms with E-state index in [9.17, 15) is 14.4 Å². The lowest BCUT2D eigenvalue weighted by Gasteiger charge is -2.18. The van der Waals surface area contributed by atoms with Crippen molar-refractivity contribution in [3.05, 3.63) is 28.2 Å². The molecule has 8 nitrogen and oxygen atoms in total. The van der Waals surface area contributed by atoms with Crippen LogP contribution in [0.3, 0.4) is 0 Å². The molecular weight excluding hydrogens is 381 g/mol. The van der Waals surface area contributed by atoms with Crippen molar-refractivity contribution in [2.45, 2.75) is 33.2 Å². The molecule has 0 unspecified atom stereocenters. The number of carbonyl (C=O) groups is 3. The molecule has 1 aliphatic rings. The predicted molar refractivity (Wildman–Crippen MR) is 99.6 cm³/mol. The van der Waals surface area contributed by atoms with Gasteiger partial charge in [-0.2, -0.15) is 4.99 Å². The standard InChI is InChI=1S/C16H17Cl2N5O3/c1-4-12(24)20-15(19-9-5-6-10(17)11(18)7-9)22-16-21-13(25)14(26)23(16)8(2)3/h5-8H,4H2,1-3H3,(H2,19,20,21,22,24,25). The maximum Gasteiger partial charge on any atom is 0.319 e. The Kier molecular flexibility index (Phi) is 6.33. The van der Waals surface area contributed by atoms with Gasteiger partial charge in [0.2, 0.25) is 17.8 Å². The summed E-state index contributed by atoms with van der Waals surface area (Å²) in [5.74, 6) is -1.96. The number of halogens is 2. The minimum Gasteiger partial charge on any atom is -0.294 e. The summed E-state index contributed by atoms with van der Waals surface area (Å²) < 4.78 is 0. The van der Waals surface area contributed by atoms with Gasteiger partial charge in [-0.25, -0.2) is 4.99 Å². The Morgan fingerprint density at radius 2 is 1.96 bits per heavy atom. The molecule has 2 N–H and O–H groups in total. The van der Waals surface area contributed by atoms with Gasteiger partial charge in [-0.1, -0.05) is 30.1 Å². The molecule has 0 bridgehead atoms. The summed E-state index contributed by atoms with van der Waals surface area (Å²) in [4.78, 5) is 44.9. The number of rotatable bonds is 3. The third-order valence-electron chi connectivity index (χ3n) is 3.31. The molecule has 1 aliphatic heterocycles. The summed E-state index contributed by atoms with van der Waals surface area (Å²) in [5.41, 5.74) is 0.391. The number of nitrogens with one attached hydrogen (secondary N) is 2.